The Balaban J connectivity index is 2.41. The monoisotopic (exact) mass is 317 g/mol. The average Bonchev–Trinajstić information content (AvgIpc) is 2.51. The number of carbonyl (C=O) groups is 1. The minimum absolute atomic E-state index is 0.0409. The van der Waals surface area contributed by atoms with Gasteiger partial charge in [0, 0.05) is 5.69 Å². The molecule has 0 aliphatic heterocycles. The summed E-state index contributed by atoms with van der Waals surface area (Å²) in [7, 11) is -3.45. The highest BCUT2D eigenvalue weighted by molar-refractivity contribution is 7.91. The molecule has 0 unspecified atom stereocenters. The summed E-state index contributed by atoms with van der Waals surface area (Å²) in [6, 6.07) is 12.0. The van der Waals surface area contributed by atoms with Crippen molar-refractivity contribution in [2.24, 2.45) is 0 Å². The van der Waals surface area contributed by atoms with E-state index in [9.17, 15) is 13.2 Å². The van der Waals surface area contributed by atoms with Crippen LogP contribution in [0.5, 0.6) is 0 Å². The fraction of sp³-hybridized carbons (Fsp3) is 0.235. The number of benzene rings is 2. The van der Waals surface area contributed by atoms with E-state index >= 15 is 0 Å². The van der Waals surface area contributed by atoms with Crippen LogP contribution in [0.3, 0.4) is 0 Å². The van der Waals surface area contributed by atoms with Gasteiger partial charge in [-0.25, -0.2) is 8.42 Å². The molecule has 4 nitrogen and oxygen atoms in total. The number of amides is 1. The molecule has 22 heavy (non-hydrogen) atoms. The van der Waals surface area contributed by atoms with Crippen molar-refractivity contribution in [2.75, 3.05) is 11.1 Å². The Morgan fingerprint density at radius 1 is 1.09 bits per heavy atom. The molecule has 1 N–H and O–H groups in total. The number of sulfone groups is 1. The van der Waals surface area contributed by atoms with E-state index in [0.717, 1.165) is 11.1 Å². The first-order valence-electron chi connectivity index (χ1n) is 7.05. The van der Waals surface area contributed by atoms with Crippen LogP contribution in [0.4, 0.5) is 5.69 Å². The molecule has 1 amide bonds. The number of hydrogen-bond donors (Lipinski definition) is 1. The van der Waals surface area contributed by atoms with Gasteiger partial charge in [-0.15, -0.1) is 0 Å². The van der Waals surface area contributed by atoms with Crippen LogP contribution in [-0.4, -0.2) is 20.1 Å². The van der Waals surface area contributed by atoms with E-state index in [1.807, 2.05) is 32.0 Å². The van der Waals surface area contributed by atoms with E-state index < -0.39 is 15.7 Å². The third-order valence-corrected chi connectivity index (χ3v) is 5.27. The maximum Gasteiger partial charge on any atom is 0.256 e. The van der Waals surface area contributed by atoms with Crippen molar-refractivity contribution in [2.45, 2.75) is 25.7 Å². The first-order chi connectivity index (χ1) is 10.3. The maximum atomic E-state index is 12.5. The Hall–Kier alpha value is -2.14. The summed E-state index contributed by atoms with van der Waals surface area (Å²) in [5.74, 6) is -0.456. The zero-order valence-electron chi connectivity index (χ0n) is 12.9. The second-order valence-corrected chi connectivity index (χ2v) is 7.42. The molecule has 0 radical (unpaired) electrons. The van der Waals surface area contributed by atoms with Crippen LogP contribution in [0.25, 0.3) is 0 Å². The highest BCUT2D eigenvalue weighted by atomic mass is 32.2. The van der Waals surface area contributed by atoms with Crippen LogP contribution < -0.4 is 5.32 Å². The van der Waals surface area contributed by atoms with Crippen molar-refractivity contribution in [1.29, 1.82) is 0 Å². The molecule has 2 rings (SSSR count). The van der Waals surface area contributed by atoms with Crippen molar-refractivity contribution in [3.05, 3.63) is 59.2 Å². The van der Waals surface area contributed by atoms with Crippen LogP contribution in [0.1, 0.15) is 28.4 Å². The van der Waals surface area contributed by atoms with E-state index in [1.54, 1.807) is 19.1 Å². The van der Waals surface area contributed by atoms with Gasteiger partial charge in [-0.2, -0.15) is 0 Å². The van der Waals surface area contributed by atoms with Gasteiger partial charge in [-0.3, -0.25) is 4.79 Å². The van der Waals surface area contributed by atoms with Gasteiger partial charge in [0.1, 0.15) is 0 Å². The minimum atomic E-state index is -3.45. The lowest BCUT2D eigenvalue weighted by Gasteiger charge is -2.12. The standard InChI is InChI=1S/C17H19NO3S/c1-4-22(20,21)16-8-6-5-7-14(16)17(19)18-15-11-12(2)9-10-13(15)3/h5-11H,4H2,1-3H3,(H,18,19). The van der Waals surface area contributed by atoms with Crippen molar-refractivity contribution in [3.8, 4) is 0 Å². The lowest BCUT2D eigenvalue weighted by molar-refractivity contribution is 0.102. The van der Waals surface area contributed by atoms with Crippen LogP contribution in [0.2, 0.25) is 0 Å². The van der Waals surface area contributed by atoms with Crippen LogP contribution in [0, 0.1) is 13.8 Å². The molecule has 0 fully saturated rings. The molecule has 0 saturated heterocycles. The number of carbonyl (C=O) groups excluding carboxylic acids is 1. The third-order valence-electron chi connectivity index (χ3n) is 3.49. The summed E-state index contributed by atoms with van der Waals surface area (Å²) in [6.45, 7) is 5.39. The largest absolute Gasteiger partial charge is 0.322 e. The fourth-order valence-corrected chi connectivity index (χ4v) is 3.23. The van der Waals surface area contributed by atoms with Crippen molar-refractivity contribution < 1.29 is 13.2 Å². The highest BCUT2D eigenvalue weighted by Gasteiger charge is 2.20. The first kappa shape index (κ1) is 16.2. The van der Waals surface area contributed by atoms with Crippen molar-refractivity contribution in [3.63, 3.8) is 0 Å². The molecule has 0 aliphatic carbocycles. The lowest BCUT2D eigenvalue weighted by atomic mass is 10.1. The average molecular weight is 317 g/mol. The van der Waals surface area contributed by atoms with E-state index in [4.69, 9.17) is 0 Å². The van der Waals surface area contributed by atoms with E-state index in [1.165, 1.54) is 12.1 Å². The molecule has 2 aromatic carbocycles. The smallest absolute Gasteiger partial charge is 0.256 e. The van der Waals surface area contributed by atoms with Gasteiger partial charge in [0.2, 0.25) is 0 Å². The molecule has 0 aliphatic rings. The molecule has 5 heteroatoms. The van der Waals surface area contributed by atoms with Gasteiger partial charge >= 0.3 is 0 Å². The molecule has 0 saturated carbocycles. The number of anilines is 1. The summed E-state index contributed by atoms with van der Waals surface area (Å²) in [4.78, 5) is 12.6. The Morgan fingerprint density at radius 2 is 1.77 bits per heavy atom. The molecular formula is C17H19NO3S. The quantitative estimate of drug-likeness (QED) is 0.940. The Morgan fingerprint density at radius 3 is 2.45 bits per heavy atom. The van der Waals surface area contributed by atoms with Gasteiger partial charge in [0.05, 0.1) is 16.2 Å². The SMILES string of the molecule is CCS(=O)(=O)c1ccccc1C(=O)Nc1cc(C)ccc1C. The zero-order valence-corrected chi connectivity index (χ0v) is 13.7. The molecule has 116 valence electrons. The van der Waals surface area contributed by atoms with E-state index in [2.05, 4.69) is 5.32 Å². The van der Waals surface area contributed by atoms with Gasteiger partial charge in [0.15, 0.2) is 9.84 Å². The van der Waals surface area contributed by atoms with E-state index in [-0.39, 0.29) is 16.2 Å². The zero-order chi connectivity index (χ0) is 16.3. The maximum absolute atomic E-state index is 12.5. The van der Waals surface area contributed by atoms with Gasteiger partial charge in [-0.05, 0) is 43.2 Å². The van der Waals surface area contributed by atoms with Crippen LogP contribution in [0.15, 0.2) is 47.4 Å². The van der Waals surface area contributed by atoms with Gasteiger partial charge < -0.3 is 5.32 Å². The normalized spacial score (nSPS) is 11.2. The lowest BCUT2D eigenvalue weighted by Crippen LogP contribution is -2.17. The molecule has 0 heterocycles. The molecule has 0 atom stereocenters. The summed E-state index contributed by atoms with van der Waals surface area (Å²) in [5.41, 5.74) is 2.81. The summed E-state index contributed by atoms with van der Waals surface area (Å²) < 4.78 is 24.2. The van der Waals surface area contributed by atoms with Gasteiger partial charge in [0.25, 0.3) is 5.91 Å². The van der Waals surface area contributed by atoms with Crippen molar-refractivity contribution in [1.82, 2.24) is 0 Å². The van der Waals surface area contributed by atoms with Crippen molar-refractivity contribution >= 4 is 21.4 Å². The second-order valence-electron chi connectivity index (χ2n) is 5.17. The highest BCUT2D eigenvalue weighted by Crippen LogP contribution is 2.21. The predicted octanol–water partition coefficient (Wildman–Crippen LogP) is 3.35. The first-order valence-corrected chi connectivity index (χ1v) is 8.71. The van der Waals surface area contributed by atoms with Crippen LogP contribution >= 0.6 is 0 Å². The number of nitrogens with one attached hydrogen (secondary N) is 1. The molecule has 0 bridgehead atoms. The Labute approximate surface area is 131 Å². The third kappa shape index (κ3) is 3.36. The number of aryl methyl sites for hydroxylation is 2. The fourth-order valence-electron chi connectivity index (χ4n) is 2.14. The summed E-state index contributed by atoms with van der Waals surface area (Å²) in [5, 5.41) is 2.80. The number of hydrogen-bond acceptors (Lipinski definition) is 3. The Bertz CT molecular complexity index is 810. The molecule has 2 aromatic rings. The Kier molecular flexibility index (Phi) is 4.66. The number of rotatable bonds is 4. The molecule has 0 aromatic heterocycles. The van der Waals surface area contributed by atoms with Gasteiger partial charge in [-0.1, -0.05) is 31.2 Å². The van der Waals surface area contributed by atoms with Crippen LogP contribution in [-0.2, 0) is 9.84 Å². The van der Waals surface area contributed by atoms with E-state index in [0.29, 0.717) is 5.69 Å². The summed E-state index contributed by atoms with van der Waals surface area (Å²) >= 11 is 0. The second kappa shape index (κ2) is 6.32. The minimum Gasteiger partial charge on any atom is -0.322 e. The molecular weight excluding hydrogens is 298 g/mol. The topological polar surface area (TPSA) is 63.2 Å². The molecule has 0 spiro atoms. The summed E-state index contributed by atoms with van der Waals surface area (Å²) in [6.07, 6.45) is 0. The predicted molar refractivity (Wildman–Crippen MR) is 88.0 cm³/mol.